The zero-order valence-electron chi connectivity index (χ0n) is 13.4. The molecular formula is C17H21ClN2O3. The molecule has 2 saturated heterocycles. The molecule has 2 atom stereocenters. The number of rotatable bonds is 2. The number of hydrogen-bond acceptors (Lipinski definition) is 3. The third kappa shape index (κ3) is 2.72. The number of carboxylic acid groups (broad SMARTS) is 1. The number of benzene rings is 1. The first kappa shape index (κ1) is 16.3. The van der Waals surface area contributed by atoms with Crippen LogP contribution in [0.2, 0.25) is 5.02 Å². The van der Waals surface area contributed by atoms with E-state index < -0.39 is 11.4 Å². The molecule has 124 valence electrons. The van der Waals surface area contributed by atoms with Crippen molar-refractivity contribution in [2.24, 2.45) is 11.3 Å². The molecule has 2 heterocycles. The topological polar surface area (TPSA) is 60.9 Å². The number of piperidine rings is 1. The first-order chi connectivity index (χ1) is 10.8. The highest BCUT2D eigenvalue weighted by atomic mass is 35.5. The van der Waals surface area contributed by atoms with Crippen molar-refractivity contribution in [3.8, 4) is 0 Å². The van der Waals surface area contributed by atoms with Crippen LogP contribution >= 0.6 is 11.6 Å². The number of carbonyl (C=O) groups is 2. The Morgan fingerprint density at radius 3 is 2.74 bits per heavy atom. The van der Waals surface area contributed by atoms with Crippen LogP contribution in [0.3, 0.4) is 0 Å². The van der Waals surface area contributed by atoms with E-state index in [1.54, 1.807) is 17.0 Å². The van der Waals surface area contributed by atoms with Gasteiger partial charge >= 0.3 is 5.97 Å². The van der Waals surface area contributed by atoms with Crippen LogP contribution in [-0.4, -0.2) is 60.0 Å². The van der Waals surface area contributed by atoms with Gasteiger partial charge in [-0.3, -0.25) is 9.59 Å². The number of nitrogens with zero attached hydrogens (tertiary/aromatic N) is 2. The standard InChI is InChI=1S/C17H21ClN2O3/c1-11-3-4-12(7-14(11)18)15(21)20-8-13-5-6-19(2)9-17(13,10-20)16(22)23/h3-4,7,13H,5-6,8-10H2,1-2H3,(H,22,23)/t13-,17-/m1/s1. The Hall–Kier alpha value is -1.59. The highest BCUT2D eigenvalue weighted by Crippen LogP contribution is 2.42. The summed E-state index contributed by atoms with van der Waals surface area (Å²) >= 11 is 6.11. The largest absolute Gasteiger partial charge is 0.481 e. The number of halogens is 1. The van der Waals surface area contributed by atoms with E-state index in [9.17, 15) is 14.7 Å². The van der Waals surface area contributed by atoms with E-state index in [4.69, 9.17) is 11.6 Å². The smallest absolute Gasteiger partial charge is 0.313 e. The third-order valence-electron chi connectivity index (χ3n) is 5.24. The number of amides is 1. The van der Waals surface area contributed by atoms with Gasteiger partial charge < -0.3 is 14.9 Å². The van der Waals surface area contributed by atoms with E-state index >= 15 is 0 Å². The molecule has 0 aliphatic carbocycles. The molecule has 2 aliphatic rings. The van der Waals surface area contributed by atoms with Crippen LogP contribution in [0, 0.1) is 18.3 Å². The Morgan fingerprint density at radius 2 is 2.09 bits per heavy atom. The molecule has 1 aromatic carbocycles. The summed E-state index contributed by atoms with van der Waals surface area (Å²) < 4.78 is 0. The van der Waals surface area contributed by atoms with Crippen LogP contribution in [0.5, 0.6) is 0 Å². The summed E-state index contributed by atoms with van der Waals surface area (Å²) in [5.41, 5.74) is 0.590. The molecule has 5 nitrogen and oxygen atoms in total. The Morgan fingerprint density at radius 1 is 1.35 bits per heavy atom. The minimum Gasteiger partial charge on any atom is -0.481 e. The highest BCUT2D eigenvalue weighted by Gasteiger charge is 2.55. The Kier molecular flexibility index (Phi) is 4.10. The number of carboxylic acids is 1. The lowest BCUT2D eigenvalue weighted by Gasteiger charge is -2.39. The second kappa shape index (κ2) is 5.80. The summed E-state index contributed by atoms with van der Waals surface area (Å²) in [4.78, 5) is 28.4. The lowest BCUT2D eigenvalue weighted by Crippen LogP contribution is -2.52. The fraction of sp³-hybridized carbons (Fsp3) is 0.529. The van der Waals surface area contributed by atoms with Crippen LogP contribution in [0.25, 0.3) is 0 Å². The maximum Gasteiger partial charge on any atom is 0.313 e. The summed E-state index contributed by atoms with van der Waals surface area (Å²) in [5.74, 6) is -0.920. The van der Waals surface area contributed by atoms with Gasteiger partial charge in [0, 0.05) is 30.2 Å². The van der Waals surface area contributed by atoms with Crippen LogP contribution in [0.15, 0.2) is 18.2 Å². The molecule has 23 heavy (non-hydrogen) atoms. The van der Waals surface area contributed by atoms with Crippen molar-refractivity contribution >= 4 is 23.5 Å². The van der Waals surface area contributed by atoms with Gasteiger partial charge in [-0.1, -0.05) is 17.7 Å². The fourth-order valence-corrected chi connectivity index (χ4v) is 4.01. The molecule has 0 spiro atoms. The second-order valence-corrected chi connectivity index (χ2v) is 7.24. The number of aryl methyl sites for hydroxylation is 1. The lowest BCUT2D eigenvalue weighted by molar-refractivity contribution is -0.153. The molecule has 2 fully saturated rings. The van der Waals surface area contributed by atoms with Crippen molar-refractivity contribution < 1.29 is 14.7 Å². The zero-order chi connectivity index (χ0) is 16.8. The average molecular weight is 337 g/mol. The number of aliphatic carboxylic acids is 1. The molecule has 3 rings (SSSR count). The van der Waals surface area contributed by atoms with Crippen LogP contribution in [0.1, 0.15) is 22.3 Å². The van der Waals surface area contributed by atoms with Crippen molar-refractivity contribution in [1.82, 2.24) is 9.80 Å². The molecule has 0 saturated carbocycles. The van der Waals surface area contributed by atoms with Crippen molar-refractivity contribution in [1.29, 1.82) is 0 Å². The van der Waals surface area contributed by atoms with Gasteiger partial charge in [0.1, 0.15) is 5.41 Å². The molecule has 6 heteroatoms. The predicted octanol–water partition coefficient (Wildman–Crippen LogP) is 2.13. The Bertz CT molecular complexity index is 663. The van der Waals surface area contributed by atoms with E-state index in [1.807, 2.05) is 24.9 Å². The van der Waals surface area contributed by atoms with Gasteiger partial charge in [-0.25, -0.2) is 0 Å². The average Bonchev–Trinajstić information content (AvgIpc) is 2.89. The van der Waals surface area contributed by atoms with Crippen molar-refractivity contribution in [2.75, 3.05) is 33.2 Å². The maximum absolute atomic E-state index is 12.8. The van der Waals surface area contributed by atoms with E-state index in [2.05, 4.69) is 0 Å². The maximum atomic E-state index is 12.8. The summed E-state index contributed by atoms with van der Waals surface area (Å²) in [6.07, 6.45) is 0.807. The van der Waals surface area contributed by atoms with Crippen molar-refractivity contribution in [3.63, 3.8) is 0 Å². The molecule has 0 unspecified atom stereocenters. The van der Waals surface area contributed by atoms with Gasteiger partial charge in [0.2, 0.25) is 0 Å². The molecule has 1 amide bonds. The summed E-state index contributed by atoms with van der Waals surface area (Å²) in [6, 6.07) is 5.24. The summed E-state index contributed by atoms with van der Waals surface area (Å²) in [7, 11) is 1.94. The minimum atomic E-state index is -0.850. The quantitative estimate of drug-likeness (QED) is 0.898. The first-order valence-corrected chi connectivity index (χ1v) is 8.18. The third-order valence-corrected chi connectivity index (χ3v) is 5.65. The first-order valence-electron chi connectivity index (χ1n) is 7.81. The lowest BCUT2D eigenvalue weighted by atomic mass is 9.73. The minimum absolute atomic E-state index is 0.0149. The molecular weight excluding hydrogens is 316 g/mol. The predicted molar refractivity (Wildman–Crippen MR) is 87.8 cm³/mol. The zero-order valence-corrected chi connectivity index (χ0v) is 14.1. The van der Waals surface area contributed by atoms with Crippen LogP contribution in [-0.2, 0) is 4.79 Å². The fourth-order valence-electron chi connectivity index (χ4n) is 3.83. The molecule has 0 radical (unpaired) electrons. The molecule has 0 aromatic heterocycles. The number of carbonyl (C=O) groups excluding carboxylic acids is 1. The second-order valence-electron chi connectivity index (χ2n) is 6.83. The van der Waals surface area contributed by atoms with Crippen molar-refractivity contribution in [2.45, 2.75) is 13.3 Å². The molecule has 0 bridgehead atoms. The number of hydrogen-bond donors (Lipinski definition) is 1. The van der Waals surface area contributed by atoms with Gasteiger partial charge in [-0.05, 0) is 50.6 Å². The van der Waals surface area contributed by atoms with Gasteiger partial charge in [-0.15, -0.1) is 0 Å². The Labute approximate surface area is 140 Å². The highest BCUT2D eigenvalue weighted by molar-refractivity contribution is 6.31. The molecule has 1 N–H and O–H groups in total. The normalized spacial score (nSPS) is 27.8. The van der Waals surface area contributed by atoms with Gasteiger partial charge in [0.05, 0.1) is 0 Å². The van der Waals surface area contributed by atoms with E-state index in [1.165, 1.54) is 0 Å². The monoisotopic (exact) mass is 336 g/mol. The van der Waals surface area contributed by atoms with E-state index in [0.717, 1.165) is 18.5 Å². The van der Waals surface area contributed by atoms with Crippen LogP contribution in [0.4, 0.5) is 0 Å². The van der Waals surface area contributed by atoms with E-state index in [0.29, 0.717) is 23.7 Å². The van der Waals surface area contributed by atoms with Crippen molar-refractivity contribution in [3.05, 3.63) is 34.3 Å². The van der Waals surface area contributed by atoms with Crippen LogP contribution < -0.4 is 0 Å². The van der Waals surface area contributed by atoms with Gasteiger partial charge in [0.25, 0.3) is 5.91 Å². The van der Waals surface area contributed by atoms with E-state index in [-0.39, 0.29) is 18.4 Å². The molecule has 1 aromatic rings. The number of fused-ring (bicyclic) bond motifs is 1. The number of likely N-dealkylation sites (tertiary alicyclic amines) is 2. The summed E-state index contributed by atoms with van der Waals surface area (Å²) in [6.45, 7) is 4.02. The van der Waals surface area contributed by atoms with Gasteiger partial charge in [0.15, 0.2) is 0 Å². The Balaban J connectivity index is 1.86. The SMILES string of the molecule is Cc1ccc(C(=O)N2C[C@H]3CCN(C)C[C@@]3(C(=O)O)C2)cc1Cl. The molecule has 2 aliphatic heterocycles. The van der Waals surface area contributed by atoms with Gasteiger partial charge in [-0.2, -0.15) is 0 Å². The summed E-state index contributed by atoms with van der Waals surface area (Å²) in [5, 5.41) is 10.3.